The molecule has 1 aliphatic carbocycles. The third kappa shape index (κ3) is 5.06. The van der Waals surface area contributed by atoms with E-state index in [1.54, 1.807) is 6.07 Å². The van der Waals surface area contributed by atoms with Crippen LogP contribution in [0.2, 0.25) is 0 Å². The van der Waals surface area contributed by atoms with Crippen LogP contribution in [-0.4, -0.2) is 54.2 Å². The highest BCUT2D eigenvalue weighted by atomic mass is 16.1. The molecule has 1 amide bonds. The number of aromatic nitrogens is 2. The molecule has 1 aliphatic heterocycles. The highest BCUT2D eigenvalue weighted by molar-refractivity contribution is 5.78. The molecule has 2 aliphatic rings. The molecule has 1 aromatic heterocycles. The van der Waals surface area contributed by atoms with E-state index >= 15 is 0 Å². The smallest absolute Gasteiger partial charge is 0.224 e. The Labute approximate surface area is 179 Å². The van der Waals surface area contributed by atoms with Gasteiger partial charge in [0.25, 0.3) is 0 Å². The van der Waals surface area contributed by atoms with Crippen molar-refractivity contribution in [2.45, 2.75) is 39.7 Å². The Morgan fingerprint density at radius 3 is 2.63 bits per heavy atom. The lowest BCUT2D eigenvalue weighted by molar-refractivity contribution is -0.121. The lowest BCUT2D eigenvalue weighted by Crippen LogP contribution is -2.38. The molecular weight excluding hydrogens is 376 g/mol. The third-order valence-corrected chi connectivity index (χ3v) is 6.18. The average molecular weight is 409 g/mol. The predicted molar refractivity (Wildman–Crippen MR) is 117 cm³/mol. The second-order valence-electron chi connectivity index (χ2n) is 8.96. The Balaban J connectivity index is 1.65. The molecular formula is C23H32N6O. The second kappa shape index (κ2) is 9.40. The Morgan fingerprint density at radius 1 is 1.30 bits per heavy atom. The molecule has 2 unspecified atom stereocenters. The van der Waals surface area contributed by atoms with Gasteiger partial charge < -0.3 is 15.1 Å². The van der Waals surface area contributed by atoms with E-state index in [0.717, 1.165) is 31.0 Å². The molecule has 0 spiro atoms. The summed E-state index contributed by atoms with van der Waals surface area (Å²) in [7, 11) is 4.10. The first-order valence-electron chi connectivity index (χ1n) is 10.6. The molecule has 3 rings (SSSR count). The van der Waals surface area contributed by atoms with Gasteiger partial charge in [0.15, 0.2) is 11.5 Å². The van der Waals surface area contributed by atoms with Crippen molar-refractivity contribution in [1.29, 1.82) is 5.26 Å². The number of nitrogens with zero attached hydrogens (tertiary/aromatic N) is 5. The molecule has 3 atom stereocenters. The van der Waals surface area contributed by atoms with Gasteiger partial charge in [-0.25, -0.2) is 0 Å². The minimum Gasteiger partial charge on any atom is -0.353 e. The van der Waals surface area contributed by atoms with Crippen LogP contribution in [-0.2, 0) is 4.79 Å². The summed E-state index contributed by atoms with van der Waals surface area (Å²) in [4.78, 5) is 17.2. The molecule has 1 saturated heterocycles. The Bertz CT molecular complexity index is 865. The molecule has 30 heavy (non-hydrogen) atoms. The van der Waals surface area contributed by atoms with Crippen LogP contribution in [0.3, 0.4) is 0 Å². The molecule has 0 saturated carbocycles. The standard InChI is InChI=1S/C23H32N6O/c1-15(2)17-6-8-20(16(3)10-17)25-23(30)11-18-13-29(14-21(18)28(4)5)22-9-7-19(12-24)26-27-22/h6-9,15-16,18,21H,10-11,13-14H2,1-5H3,(H,25,30)/t16?,18?,21-/m1/s1. The number of amides is 1. The monoisotopic (exact) mass is 408 g/mol. The summed E-state index contributed by atoms with van der Waals surface area (Å²) >= 11 is 0. The molecule has 160 valence electrons. The number of anilines is 1. The minimum atomic E-state index is 0.0686. The fourth-order valence-electron chi connectivity index (χ4n) is 4.32. The van der Waals surface area contributed by atoms with Crippen LogP contribution in [0.4, 0.5) is 5.82 Å². The molecule has 0 bridgehead atoms. The van der Waals surface area contributed by atoms with E-state index < -0.39 is 0 Å². The highest BCUT2D eigenvalue weighted by Crippen LogP contribution is 2.29. The van der Waals surface area contributed by atoms with Crippen molar-refractivity contribution in [3.8, 4) is 6.07 Å². The van der Waals surface area contributed by atoms with Gasteiger partial charge in [-0.2, -0.15) is 5.26 Å². The number of nitrogens with one attached hydrogen (secondary N) is 1. The van der Waals surface area contributed by atoms with Crippen molar-refractivity contribution >= 4 is 11.7 Å². The third-order valence-electron chi connectivity index (χ3n) is 6.18. The molecule has 0 radical (unpaired) electrons. The summed E-state index contributed by atoms with van der Waals surface area (Å²) in [6.45, 7) is 8.11. The van der Waals surface area contributed by atoms with Gasteiger partial charge >= 0.3 is 0 Å². The summed E-state index contributed by atoms with van der Waals surface area (Å²) in [6.07, 6.45) is 5.69. The Kier molecular flexibility index (Phi) is 6.88. The first-order chi connectivity index (χ1) is 14.3. The summed E-state index contributed by atoms with van der Waals surface area (Å²) in [5, 5.41) is 20.2. The van der Waals surface area contributed by atoms with Gasteiger partial charge in [-0.05, 0) is 50.6 Å². The van der Waals surface area contributed by atoms with E-state index in [-0.39, 0.29) is 17.9 Å². The maximum atomic E-state index is 12.8. The van der Waals surface area contributed by atoms with Crippen LogP contribution in [0, 0.1) is 29.1 Å². The quantitative estimate of drug-likeness (QED) is 0.779. The molecule has 7 heteroatoms. The van der Waals surface area contributed by atoms with Crippen molar-refractivity contribution < 1.29 is 4.79 Å². The maximum Gasteiger partial charge on any atom is 0.224 e. The van der Waals surface area contributed by atoms with Crippen molar-refractivity contribution in [2.24, 2.45) is 17.8 Å². The SMILES string of the molecule is CC(C)C1=CC=C(NC(=O)CC2CN(c3ccc(C#N)nn3)C[C@H]2N(C)C)C(C)C1. The maximum absolute atomic E-state index is 12.8. The van der Waals surface area contributed by atoms with Crippen LogP contribution in [0.25, 0.3) is 0 Å². The topological polar surface area (TPSA) is 85.2 Å². The number of carbonyl (C=O) groups excluding carboxylic acids is 1. The Hall–Kier alpha value is -2.72. The molecule has 0 aromatic carbocycles. The summed E-state index contributed by atoms with van der Waals surface area (Å²) < 4.78 is 0. The lowest BCUT2D eigenvalue weighted by Gasteiger charge is -2.26. The van der Waals surface area contributed by atoms with Crippen molar-refractivity contribution in [2.75, 3.05) is 32.1 Å². The van der Waals surface area contributed by atoms with Gasteiger partial charge in [0.1, 0.15) is 6.07 Å². The van der Waals surface area contributed by atoms with Crippen LogP contribution < -0.4 is 10.2 Å². The number of hydrogen-bond acceptors (Lipinski definition) is 6. The second-order valence-corrected chi connectivity index (χ2v) is 8.96. The average Bonchev–Trinajstić information content (AvgIpc) is 3.13. The lowest BCUT2D eigenvalue weighted by atomic mass is 9.87. The van der Waals surface area contributed by atoms with Crippen LogP contribution >= 0.6 is 0 Å². The molecule has 2 heterocycles. The first-order valence-corrected chi connectivity index (χ1v) is 10.6. The van der Waals surface area contributed by atoms with Crippen molar-refractivity contribution in [1.82, 2.24) is 20.4 Å². The van der Waals surface area contributed by atoms with E-state index in [2.05, 4.69) is 58.2 Å². The van der Waals surface area contributed by atoms with Crippen LogP contribution in [0.5, 0.6) is 0 Å². The first kappa shape index (κ1) is 22.0. The van der Waals surface area contributed by atoms with Crippen LogP contribution in [0.1, 0.15) is 39.3 Å². The molecule has 7 nitrogen and oxygen atoms in total. The van der Waals surface area contributed by atoms with E-state index in [4.69, 9.17) is 5.26 Å². The number of nitriles is 1. The van der Waals surface area contributed by atoms with Gasteiger partial charge in [0.05, 0.1) is 0 Å². The zero-order chi connectivity index (χ0) is 21.8. The molecule has 1 fully saturated rings. The number of likely N-dealkylation sites (N-methyl/N-ethyl adjacent to an activating group) is 1. The summed E-state index contributed by atoms with van der Waals surface area (Å²) in [5.41, 5.74) is 2.75. The van der Waals surface area contributed by atoms with E-state index in [1.807, 2.05) is 26.2 Å². The predicted octanol–water partition coefficient (Wildman–Crippen LogP) is 2.73. The Morgan fingerprint density at radius 2 is 2.07 bits per heavy atom. The van der Waals surface area contributed by atoms with Crippen LogP contribution in [0.15, 0.2) is 35.6 Å². The minimum absolute atomic E-state index is 0.0686. The van der Waals surface area contributed by atoms with E-state index in [1.165, 1.54) is 5.57 Å². The summed E-state index contributed by atoms with van der Waals surface area (Å²) in [6, 6.07) is 5.75. The van der Waals surface area contributed by atoms with Gasteiger partial charge in [-0.1, -0.05) is 32.4 Å². The van der Waals surface area contributed by atoms with Gasteiger partial charge in [0.2, 0.25) is 5.91 Å². The number of allylic oxidation sites excluding steroid dienone is 4. The zero-order valence-corrected chi connectivity index (χ0v) is 18.6. The van der Waals surface area contributed by atoms with E-state index in [9.17, 15) is 4.79 Å². The van der Waals surface area contributed by atoms with Gasteiger partial charge in [-0.15, -0.1) is 10.2 Å². The summed E-state index contributed by atoms with van der Waals surface area (Å²) in [5.74, 6) is 1.88. The highest BCUT2D eigenvalue weighted by Gasteiger charge is 2.36. The number of carbonyl (C=O) groups is 1. The van der Waals surface area contributed by atoms with Crippen molar-refractivity contribution in [3.05, 3.63) is 41.2 Å². The fourth-order valence-corrected chi connectivity index (χ4v) is 4.32. The number of hydrogen-bond donors (Lipinski definition) is 1. The molecule has 1 N–H and O–H groups in total. The van der Waals surface area contributed by atoms with Gasteiger partial charge in [0, 0.05) is 37.2 Å². The normalized spacial score (nSPS) is 23.9. The molecule has 1 aromatic rings. The van der Waals surface area contributed by atoms with Crippen molar-refractivity contribution in [3.63, 3.8) is 0 Å². The fraction of sp³-hybridized carbons (Fsp3) is 0.565. The van der Waals surface area contributed by atoms with E-state index in [0.29, 0.717) is 24.0 Å². The number of rotatable bonds is 6. The zero-order valence-electron chi connectivity index (χ0n) is 18.6. The van der Waals surface area contributed by atoms with Gasteiger partial charge in [-0.3, -0.25) is 4.79 Å². The largest absolute Gasteiger partial charge is 0.353 e.